The smallest absolute Gasteiger partial charge is 0.225 e. The maximum absolute atomic E-state index is 12.2. The maximum atomic E-state index is 12.2. The van der Waals surface area contributed by atoms with Crippen LogP contribution in [0.3, 0.4) is 0 Å². The van der Waals surface area contributed by atoms with Gasteiger partial charge in [0, 0.05) is 30.6 Å². The number of hydrogen-bond donors (Lipinski definition) is 0. The van der Waals surface area contributed by atoms with Crippen LogP contribution in [0.1, 0.15) is 36.8 Å². The zero-order valence-corrected chi connectivity index (χ0v) is 17.1. The van der Waals surface area contributed by atoms with Crippen molar-refractivity contribution in [3.8, 4) is 11.1 Å². The highest BCUT2D eigenvalue weighted by Gasteiger charge is 2.34. The summed E-state index contributed by atoms with van der Waals surface area (Å²) < 4.78 is 0. The molecule has 0 spiro atoms. The summed E-state index contributed by atoms with van der Waals surface area (Å²) in [5.74, 6) is 1.46. The number of benzene rings is 2. The number of nitrogens with zero attached hydrogens (tertiary/aromatic N) is 2. The van der Waals surface area contributed by atoms with E-state index in [0.717, 1.165) is 50.7 Å². The van der Waals surface area contributed by atoms with Gasteiger partial charge < -0.3 is 4.90 Å². The van der Waals surface area contributed by atoms with E-state index in [1.165, 1.54) is 27.6 Å². The van der Waals surface area contributed by atoms with Crippen LogP contribution in [0.2, 0.25) is 0 Å². The summed E-state index contributed by atoms with van der Waals surface area (Å²) in [6, 6.07) is 17.5. The van der Waals surface area contributed by atoms with Crippen molar-refractivity contribution in [3.63, 3.8) is 0 Å². The first-order chi connectivity index (χ1) is 14.2. The molecule has 0 bridgehead atoms. The van der Waals surface area contributed by atoms with Crippen LogP contribution in [-0.2, 0) is 11.2 Å². The SMILES string of the molecule is Cc1c(-c2ccc(CC3CCN(C(=O)C4CC4)CC3)cc2)ccc2cccnc12. The molecule has 0 atom stereocenters. The van der Waals surface area contributed by atoms with Crippen molar-refractivity contribution in [1.82, 2.24) is 9.88 Å². The van der Waals surface area contributed by atoms with E-state index in [1.54, 1.807) is 0 Å². The van der Waals surface area contributed by atoms with E-state index >= 15 is 0 Å². The lowest BCUT2D eigenvalue weighted by Gasteiger charge is -2.32. The number of fused-ring (bicyclic) bond motifs is 1. The molecular weight excluding hydrogens is 356 g/mol. The Bertz CT molecular complexity index is 1030. The van der Waals surface area contributed by atoms with Crippen molar-refractivity contribution in [2.24, 2.45) is 11.8 Å². The third-order valence-corrected chi connectivity index (χ3v) is 6.67. The summed E-state index contributed by atoms with van der Waals surface area (Å²) in [6.07, 6.45) is 7.47. The average molecular weight is 385 g/mol. The predicted octanol–water partition coefficient (Wildman–Crippen LogP) is 5.40. The lowest BCUT2D eigenvalue weighted by molar-refractivity contribution is -0.133. The van der Waals surface area contributed by atoms with Crippen molar-refractivity contribution in [2.75, 3.05) is 13.1 Å². The third-order valence-electron chi connectivity index (χ3n) is 6.67. The molecule has 3 heteroatoms. The Morgan fingerprint density at radius 3 is 2.48 bits per heavy atom. The van der Waals surface area contributed by atoms with Crippen LogP contribution in [0, 0.1) is 18.8 Å². The molecule has 3 aromatic rings. The molecule has 2 heterocycles. The zero-order valence-electron chi connectivity index (χ0n) is 17.1. The summed E-state index contributed by atoms with van der Waals surface area (Å²) in [6.45, 7) is 4.05. The van der Waals surface area contributed by atoms with E-state index in [-0.39, 0.29) is 0 Å². The summed E-state index contributed by atoms with van der Waals surface area (Å²) in [5, 5.41) is 1.19. The van der Waals surface area contributed by atoms with Gasteiger partial charge in [0.15, 0.2) is 0 Å². The Morgan fingerprint density at radius 2 is 1.76 bits per heavy atom. The fourth-order valence-electron chi connectivity index (χ4n) is 4.70. The van der Waals surface area contributed by atoms with Gasteiger partial charge in [-0.1, -0.05) is 42.5 Å². The Morgan fingerprint density at radius 1 is 1.00 bits per heavy atom. The number of aryl methyl sites for hydroxylation is 1. The number of likely N-dealkylation sites (tertiary alicyclic amines) is 1. The van der Waals surface area contributed by atoms with Crippen molar-refractivity contribution in [2.45, 2.75) is 39.0 Å². The van der Waals surface area contributed by atoms with Crippen LogP contribution in [0.5, 0.6) is 0 Å². The first-order valence-corrected chi connectivity index (χ1v) is 10.9. The van der Waals surface area contributed by atoms with Crippen molar-refractivity contribution in [1.29, 1.82) is 0 Å². The average Bonchev–Trinajstić information content (AvgIpc) is 3.61. The molecule has 1 aromatic heterocycles. The van der Waals surface area contributed by atoms with Crippen LogP contribution < -0.4 is 0 Å². The van der Waals surface area contributed by atoms with Crippen LogP contribution >= 0.6 is 0 Å². The van der Waals surface area contributed by atoms with Crippen molar-refractivity contribution in [3.05, 3.63) is 65.9 Å². The number of piperidine rings is 1. The lowest BCUT2D eigenvalue weighted by atomic mass is 9.89. The van der Waals surface area contributed by atoms with Gasteiger partial charge in [-0.3, -0.25) is 9.78 Å². The Hall–Kier alpha value is -2.68. The highest BCUT2D eigenvalue weighted by molar-refractivity contribution is 5.88. The standard InChI is InChI=1S/C26H28N2O/c1-18-24(11-10-22-3-2-14-27-25(18)22)21-6-4-19(5-7-21)17-20-12-15-28(16-13-20)26(29)23-8-9-23/h2-7,10-11,14,20,23H,8-9,12-13,15-17H2,1H3. The molecule has 1 amide bonds. The molecule has 2 aliphatic rings. The van der Waals surface area contributed by atoms with E-state index in [4.69, 9.17) is 0 Å². The number of amides is 1. The summed E-state index contributed by atoms with van der Waals surface area (Å²) in [7, 11) is 0. The van der Waals surface area contributed by atoms with Crippen molar-refractivity contribution < 1.29 is 4.79 Å². The Kier molecular flexibility index (Phi) is 4.83. The molecule has 1 aliphatic carbocycles. The van der Waals surface area contributed by atoms with Gasteiger partial charge in [0.1, 0.15) is 0 Å². The summed E-state index contributed by atoms with van der Waals surface area (Å²) >= 11 is 0. The lowest BCUT2D eigenvalue weighted by Crippen LogP contribution is -2.39. The van der Waals surface area contributed by atoms with Gasteiger partial charge in [-0.2, -0.15) is 0 Å². The van der Waals surface area contributed by atoms with E-state index < -0.39 is 0 Å². The number of carbonyl (C=O) groups excluding carboxylic acids is 1. The third kappa shape index (κ3) is 3.78. The molecular formula is C26H28N2O. The van der Waals surface area contributed by atoms with Gasteiger partial charge in [0.2, 0.25) is 5.91 Å². The Balaban J connectivity index is 1.25. The second-order valence-electron chi connectivity index (χ2n) is 8.76. The van der Waals surface area contributed by atoms with E-state index in [9.17, 15) is 4.79 Å². The molecule has 1 aliphatic heterocycles. The highest BCUT2D eigenvalue weighted by atomic mass is 16.2. The first kappa shape index (κ1) is 18.4. The van der Waals surface area contributed by atoms with Gasteiger partial charge in [0.05, 0.1) is 5.52 Å². The second kappa shape index (κ2) is 7.62. The monoisotopic (exact) mass is 384 g/mol. The van der Waals surface area contributed by atoms with E-state index in [0.29, 0.717) is 17.7 Å². The molecule has 1 saturated heterocycles. The number of pyridine rings is 1. The van der Waals surface area contributed by atoms with Crippen LogP contribution in [0.15, 0.2) is 54.7 Å². The molecule has 2 fully saturated rings. The molecule has 0 radical (unpaired) electrons. The molecule has 0 unspecified atom stereocenters. The summed E-state index contributed by atoms with van der Waals surface area (Å²) in [5.41, 5.74) is 6.24. The number of rotatable bonds is 4. The number of hydrogen-bond acceptors (Lipinski definition) is 2. The zero-order chi connectivity index (χ0) is 19.8. The molecule has 3 nitrogen and oxygen atoms in total. The molecule has 5 rings (SSSR count). The maximum Gasteiger partial charge on any atom is 0.225 e. The predicted molar refractivity (Wildman–Crippen MR) is 118 cm³/mol. The molecule has 148 valence electrons. The van der Waals surface area contributed by atoms with Crippen molar-refractivity contribution >= 4 is 16.8 Å². The second-order valence-corrected chi connectivity index (χ2v) is 8.76. The minimum absolute atomic E-state index is 0.354. The number of carbonyl (C=O) groups is 1. The molecule has 2 aromatic carbocycles. The molecule has 0 N–H and O–H groups in total. The quantitative estimate of drug-likeness (QED) is 0.603. The van der Waals surface area contributed by atoms with Gasteiger partial charge in [-0.05, 0) is 73.3 Å². The fraction of sp³-hybridized carbons (Fsp3) is 0.385. The normalized spacial score (nSPS) is 17.6. The van der Waals surface area contributed by atoms with Gasteiger partial charge >= 0.3 is 0 Å². The number of aromatic nitrogens is 1. The van der Waals surface area contributed by atoms with Crippen LogP contribution in [0.4, 0.5) is 0 Å². The Labute approximate surface area is 172 Å². The minimum Gasteiger partial charge on any atom is -0.342 e. The molecule has 1 saturated carbocycles. The summed E-state index contributed by atoms with van der Waals surface area (Å²) in [4.78, 5) is 18.9. The highest BCUT2D eigenvalue weighted by Crippen LogP contribution is 2.33. The molecule has 29 heavy (non-hydrogen) atoms. The largest absolute Gasteiger partial charge is 0.342 e. The van der Waals surface area contributed by atoms with Gasteiger partial charge in [0.25, 0.3) is 0 Å². The van der Waals surface area contributed by atoms with Crippen LogP contribution in [0.25, 0.3) is 22.0 Å². The fourth-order valence-corrected chi connectivity index (χ4v) is 4.70. The van der Waals surface area contributed by atoms with E-state index in [2.05, 4.69) is 59.3 Å². The van der Waals surface area contributed by atoms with Gasteiger partial charge in [-0.15, -0.1) is 0 Å². The topological polar surface area (TPSA) is 33.2 Å². The van der Waals surface area contributed by atoms with E-state index in [1.807, 2.05) is 12.3 Å². The van der Waals surface area contributed by atoms with Gasteiger partial charge in [-0.25, -0.2) is 0 Å². The first-order valence-electron chi connectivity index (χ1n) is 10.9. The van der Waals surface area contributed by atoms with Crippen LogP contribution in [-0.4, -0.2) is 28.9 Å². The minimum atomic E-state index is 0.354.